The maximum absolute atomic E-state index is 12.4. The zero-order valence-electron chi connectivity index (χ0n) is 14.0. The number of carbonyl (C=O) groups is 2. The summed E-state index contributed by atoms with van der Waals surface area (Å²) >= 11 is 1.48. The second-order valence-corrected chi connectivity index (χ2v) is 8.38. The molecule has 2 amide bonds. The van der Waals surface area contributed by atoms with Crippen LogP contribution in [0.5, 0.6) is 0 Å². The summed E-state index contributed by atoms with van der Waals surface area (Å²) < 4.78 is 5.88. The molecular weight excluding hydrogens is 326 g/mol. The first kappa shape index (κ1) is 16.0. The van der Waals surface area contributed by atoms with Crippen LogP contribution in [-0.4, -0.2) is 54.0 Å². The van der Waals surface area contributed by atoms with E-state index in [4.69, 9.17) is 4.74 Å². The van der Waals surface area contributed by atoms with Crippen LogP contribution >= 0.6 is 11.3 Å². The van der Waals surface area contributed by atoms with E-state index in [0.29, 0.717) is 43.1 Å². The summed E-state index contributed by atoms with van der Waals surface area (Å²) in [4.78, 5) is 30.7. The number of hydrogen-bond acceptors (Lipinski definition) is 5. The van der Waals surface area contributed by atoms with Crippen LogP contribution in [0.2, 0.25) is 0 Å². The number of hydrogen-bond donors (Lipinski definition) is 1. The van der Waals surface area contributed by atoms with Crippen molar-refractivity contribution in [2.75, 3.05) is 26.2 Å². The molecule has 3 heterocycles. The molecule has 1 N–H and O–H groups in total. The van der Waals surface area contributed by atoms with Crippen LogP contribution in [0.3, 0.4) is 0 Å². The molecule has 0 radical (unpaired) electrons. The first-order valence-electron chi connectivity index (χ1n) is 8.63. The fraction of sp³-hybridized carbons (Fsp3) is 0.706. The molecule has 2 saturated heterocycles. The Morgan fingerprint density at radius 2 is 2.25 bits per heavy atom. The van der Waals surface area contributed by atoms with Crippen LogP contribution in [0.1, 0.15) is 28.8 Å². The molecule has 4 rings (SSSR count). The van der Waals surface area contributed by atoms with Crippen molar-refractivity contribution in [3.8, 4) is 0 Å². The first-order valence-corrected chi connectivity index (χ1v) is 9.51. The summed E-state index contributed by atoms with van der Waals surface area (Å²) in [5.74, 6) is 1.54. The minimum Gasteiger partial charge on any atom is -0.376 e. The molecule has 5 atom stereocenters. The fourth-order valence-corrected chi connectivity index (χ4v) is 4.46. The maximum Gasteiger partial charge on any atom is 0.270 e. The first-order chi connectivity index (χ1) is 11.5. The highest BCUT2D eigenvalue weighted by molar-refractivity contribution is 7.09. The van der Waals surface area contributed by atoms with Crippen molar-refractivity contribution < 1.29 is 14.3 Å². The van der Waals surface area contributed by atoms with Gasteiger partial charge >= 0.3 is 0 Å². The van der Waals surface area contributed by atoms with E-state index >= 15 is 0 Å². The second-order valence-electron chi connectivity index (χ2n) is 7.32. The number of ether oxygens (including phenoxy) is 1. The zero-order valence-corrected chi connectivity index (χ0v) is 14.8. The molecule has 1 saturated carbocycles. The molecule has 1 aromatic rings. The van der Waals surface area contributed by atoms with Crippen molar-refractivity contribution in [2.45, 2.75) is 26.4 Å². The number of rotatable bonds is 4. The Morgan fingerprint density at radius 1 is 1.46 bits per heavy atom. The van der Waals surface area contributed by atoms with E-state index in [2.05, 4.69) is 17.2 Å². The summed E-state index contributed by atoms with van der Waals surface area (Å²) in [6, 6.07) is 0. The predicted molar refractivity (Wildman–Crippen MR) is 89.8 cm³/mol. The Hall–Kier alpha value is -1.47. The van der Waals surface area contributed by atoms with E-state index in [-0.39, 0.29) is 23.8 Å². The maximum atomic E-state index is 12.4. The largest absolute Gasteiger partial charge is 0.376 e. The highest BCUT2D eigenvalue weighted by atomic mass is 32.1. The number of carbonyl (C=O) groups excluding carboxylic acids is 2. The van der Waals surface area contributed by atoms with Gasteiger partial charge in [0.2, 0.25) is 5.91 Å². The summed E-state index contributed by atoms with van der Waals surface area (Å²) in [6.07, 6.45) is 1.16. The van der Waals surface area contributed by atoms with E-state index in [0.717, 1.165) is 18.0 Å². The molecule has 0 spiro atoms. The number of nitrogens with zero attached hydrogens (tertiary/aromatic N) is 2. The average molecular weight is 349 g/mol. The third-order valence-corrected chi connectivity index (χ3v) is 6.33. The molecule has 0 bridgehead atoms. The quantitative estimate of drug-likeness (QED) is 0.890. The van der Waals surface area contributed by atoms with Crippen molar-refractivity contribution in [1.82, 2.24) is 15.2 Å². The molecule has 24 heavy (non-hydrogen) atoms. The summed E-state index contributed by atoms with van der Waals surface area (Å²) in [6.45, 7) is 6.74. The number of fused-ring (bicyclic) bond motifs is 1. The lowest BCUT2D eigenvalue weighted by Crippen LogP contribution is -2.36. The number of aryl methyl sites for hydroxylation is 1. The highest BCUT2D eigenvalue weighted by Crippen LogP contribution is 2.41. The molecule has 7 heteroatoms. The van der Waals surface area contributed by atoms with E-state index < -0.39 is 0 Å². The average Bonchev–Trinajstić information content (AvgIpc) is 2.95. The topological polar surface area (TPSA) is 71.5 Å². The Morgan fingerprint density at radius 3 is 2.92 bits per heavy atom. The summed E-state index contributed by atoms with van der Waals surface area (Å²) in [5.41, 5.74) is 0.485. The lowest BCUT2D eigenvalue weighted by molar-refractivity contribution is -0.132. The van der Waals surface area contributed by atoms with Gasteiger partial charge in [0.05, 0.1) is 17.7 Å². The van der Waals surface area contributed by atoms with Gasteiger partial charge in [-0.3, -0.25) is 9.59 Å². The Bertz CT molecular complexity index is 661. The molecule has 1 aromatic heterocycles. The van der Waals surface area contributed by atoms with Crippen LogP contribution in [0.4, 0.5) is 0 Å². The van der Waals surface area contributed by atoms with Crippen molar-refractivity contribution in [3.63, 3.8) is 0 Å². The molecule has 0 aromatic carbocycles. The van der Waals surface area contributed by atoms with Gasteiger partial charge in [0.15, 0.2) is 0 Å². The summed E-state index contributed by atoms with van der Waals surface area (Å²) in [7, 11) is 0. The van der Waals surface area contributed by atoms with E-state index in [1.165, 1.54) is 11.3 Å². The van der Waals surface area contributed by atoms with Gasteiger partial charge in [-0.15, -0.1) is 11.3 Å². The van der Waals surface area contributed by atoms with E-state index in [1.807, 2.05) is 11.8 Å². The lowest BCUT2D eigenvalue weighted by atomic mass is 9.93. The normalized spacial score (nSPS) is 34.2. The fourth-order valence-electron chi connectivity index (χ4n) is 3.87. The van der Waals surface area contributed by atoms with Gasteiger partial charge in [-0.1, -0.05) is 6.92 Å². The monoisotopic (exact) mass is 349 g/mol. The number of thiazole rings is 1. The molecule has 1 aliphatic carbocycles. The van der Waals surface area contributed by atoms with Crippen molar-refractivity contribution in [3.05, 3.63) is 16.1 Å². The standard InChI is InChI=1S/C17H23N3O3S/c1-9-3-12(9)17(22)20-5-13-11(7-23-15(13)6-20)4-18-16(21)14-8-24-10(2)19-14/h8-9,11-13,15H,3-7H2,1-2H3,(H,18,21)/t9-,11+,12+,13-,15-/m1/s1. The van der Waals surface area contributed by atoms with Crippen LogP contribution in [-0.2, 0) is 9.53 Å². The van der Waals surface area contributed by atoms with Crippen LogP contribution in [0.25, 0.3) is 0 Å². The molecule has 6 nitrogen and oxygen atoms in total. The van der Waals surface area contributed by atoms with Gasteiger partial charge in [0, 0.05) is 42.8 Å². The molecule has 3 aliphatic rings. The zero-order chi connectivity index (χ0) is 16.8. The number of nitrogens with one attached hydrogen (secondary N) is 1. The van der Waals surface area contributed by atoms with Gasteiger partial charge in [0.1, 0.15) is 5.69 Å². The van der Waals surface area contributed by atoms with Gasteiger partial charge < -0.3 is 15.0 Å². The SMILES string of the molecule is Cc1nc(C(=O)NC[C@H]2CO[C@@H]3CN(C(=O)[C@H]4C[C@H]4C)C[C@H]23)cs1. The van der Waals surface area contributed by atoms with Crippen LogP contribution in [0, 0.1) is 30.6 Å². The minimum atomic E-state index is -0.125. The molecule has 130 valence electrons. The van der Waals surface area contributed by atoms with Crippen molar-refractivity contribution in [2.24, 2.45) is 23.7 Å². The number of aromatic nitrogens is 1. The van der Waals surface area contributed by atoms with Gasteiger partial charge in [-0.25, -0.2) is 4.98 Å². The van der Waals surface area contributed by atoms with Gasteiger partial charge in [0.25, 0.3) is 5.91 Å². The van der Waals surface area contributed by atoms with Crippen LogP contribution in [0.15, 0.2) is 5.38 Å². The second kappa shape index (κ2) is 6.11. The Balaban J connectivity index is 1.31. The predicted octanol–water partition coefficient (Wildman–Crippen LogP) is 1.31. The third kappa shape index (κ3) is 2.95. The molecule has 0 unspecified atom stereocenters. The summed E-state index contributed by atoms with van der Waals surface area (Å²) in [5, 5.41) is 5.65. The number of likely N-dealkylation sites (tertiary alicyclic amines) is 1. The molecule has 2 aliphatic heterocycles. The minimum absolute atomic E-state index is 0.125. The lowest BCUT2D eigenvalue weighted by Gasteiger charge is -2.20. The highest BCUT2D eigenvalue weighted by Gasteiger charge is 2.49. The van der Waals surface area contributed by atoms with Crippen LogP contribution < -0.4 is 5.32 Å². The Kier molecular flexibility index (Phi) is 4.08. The Labute approximate surface area is 145 Å². The van der Waals surface area contributed by atoms with Crippen molar-refractivity contribution >= 4 is 23.2 Å². The van der Waals surface area contributed by atoms with E-state index in [9.17, 15) is 9.59 Å². The molecule has 3 fully saturated rings. The van der Waals surface area contributed by atoms with Crippen molar-refractivity contribution in [1.29, 1.82) is 0 Å². The number of amides is 2. The molecular formula is C17H23N3O3S. The third-order valence-electron chi connectivity index (χ3n) is 5.55. The van der Waals surface area contributed by atoms with Gasteiger partial charge in [-0.05, 0) is 19.3 Å². The van der Waals surface area contributed by atoms with Gasteiger partial charge in [-0.2, -0.15) is 0 Å². The van der Waals surface area contributed by atoms with E-state index in [1.54, 1.807) is 5.38 Å². The smallest absolute Gasteiger partial charge is 0.270 e.